The van der Waals surface area contributed by atoms with Crippen LogP contribution in [-0.4, -0.2) is 97.8 Å². The van der Waals surface area contributed by atoms with E-state index in [-0.39, 0.29) is 54.9 Å². The maximum absolute atomic E-state index is 12.1. The summed E-state index contributed by atoms with van der Waals surface area (Å²) in [5.74, 6) is -2.14. The molecule has 0 fully saturated rings. The predicted octanol–water partition coefficient (Wildman–Crippen LogP) is 4.53. The van der Waals surface area contributed by atoms with Crippen LogP contribution in [0.2, 0.25) is 0 Å². The van der Waals surface area contributed by atoms with Crippen molar-refractivity contribution >= 4 is 63.5 Å². The summed E-state index contributed by atoms with van der Waals surface area (Å²) >= 11 is 0. The van der Waals surface area contributed by atoms with E-state index in [1.54, 1.807) is 55.2 Å². The Hall–Kier alpha value is -3.76. The number of allylic oxidation sites excluding steroid dienone is 6. The lowest BCUT2D eigenvalue weighted by molar-refractivity contribution is -0.433. The summed E-state index contributed by atoms with van der Waals surface area (Å²) in [6.45, 7) is 5.94. The molecule has 0 aliphatic carbocycles. The van der Waals surface area contributed by atoms with Gasteiger partial charge >= 0.3 is 5.97 Å². The summed E-state index contributed by atoms with van der Waals surface area (Å²) in [6, 6.07) is 8.13. The quantitative estimate of drug-likeness (QED) is 0.0784. The zero-order chi connectivity index (χ0) is 41.2. The highest BCUT2D eigenvalue weighted by atomic mass is 32.2. The number of carbonyl (C=O) groups is 1. The minimum atomic E-state index is -4.63. The summed E-state index contributed by atoms with van der Waals surface area (Å²) in [4.78, 5) is 12.5. The SMILES string of the molecule is CC[N+]1=C(/C=C/C=C/C=C2/N(CCCS(=O)(=O)O)c3ccc(S(=O)(=O)O)cc3C2(C)CCCC(=O)O)C(C)(CCCS(=O)(=O)O)c2cc(S(=O)(=O)O)ccc21. The van der Waals surface area contributed by atoms with Crippen molar-refractivity contribution in [1.82, 2.24) is 0 Å². The normalized spacial score (nSPS) is 21.3. The zero-order valence-corrected chi connectivity index (χ0v) is 33.6. The largest absolute Gasteiger partial charge is 0.481 e. The molecule has 16 nitrogen and oxygen atoms in total. The number of aliphatic carboxylic acids is 1. The van der Waals surface area contributed by atoms with Crippen molar-refractivity contribution in [1.29, 1.82) is 0 Å². The van der Waals surface area contributed by atoms with Crippen molar-refractivity contribution < 1.29 is 66.4 Å². The Bertz CT molecular complexity index is 2420. The molecular weight excluding hydrogens is 801 g/mol. The second-order valence-corrected chi connectivity index (χ2v) is 19.8. The molecule has 55 heavy (non-hydrogen) atoms. The first kappa shape index (κ1) is 44.0. The lowest BCUT2D eigenvalue weighted by Crippen LogP contribution is -2.32. The van der Waals surface area contributed by atoms with Crippen molar-refractivity contribution in [3.05, 3.63) is 83.6 Å². The van der Waals surface area contributed by atoms with E-state index < -0.39 is 68.8 Å². The minimum absolute atomic E-state index is 0.0221. The van der Waals surface area contributed by atoms with Gasteiger partial charge < -0.3 is 10.0 Å². The summed E-state index contributed by atoms with van der Waals surface area (Å²) in [5.41, 5.74) is 1.36. The molecule has 0 saturated carbocycles. The molecule has 0 spiro atoms. The van der Waals surface area contributed by atoms with Gasteiger partial charge in [-0.3, -0.25) is 23.0 Å². The first-order valence-electron chi connectivity index (χ1n) is 17.2. The van der Waals surface area contributed by atoms with E-state index in [2.05, 4.69) is 0 Å². The minimum Gasteiger partial charge on any atom is -0.481 e. The maximum Gasteiger partial charge on any atom is 0.303 e. The van der Waals surface area contributed by atoms with Crippen LogP contribution in [0.1, 0.15) is 70.4 Å². The summed E-state index contributed by atoms with van der Waals surface area (Å²) in [7, 11) is -17.8. The molecule has 0 saturated heterocycles. The second-order valence-electron chi connectivity index (χ2n) is 13.8. The predicted molar refractivity (Wildman–Crippen MR) is 205 cm³/mol. The maximum atomic E-state index is 12.1. The third kappa shape index (κ3) is 10.4. The molecule has 20 heteroatoms. The number of carboxylic acids is 1. The molecular formula is C35H45N2O14S4+. The van der Waals surface area contributed by atoms with Crippen LogP contribution in [0, 0.1) is 0 Å². The molecule has 2 aliphatic heterocycles. The highest BCUT2D eigenvalue weighted by Crippen LogP contribution is 2.51. The Kier molecular flexibility index (Phi) is 13.1. The van der Waals surface area contributed by atoms with E-state index in [0.717, 1.165) is 0 Å². The number of hydrogen-bond donors (Lipinski definition) is 5. The molecule has 2 heterocycles. The molecule has 5 N–H and O–H groups in total. The standard InChI is InChI=1S/C35H44N2O14S4/c1-4-36-29-16-14-25(54(46,47)48)23-27(29)35(3,19-9-21-52(40,41)42)31(36)11-6-5-7-12-32-34(2,18-8-13-33(38)39)28-24-26(55(49,50)51)15-17-30(28)37(32)20-10-22-53(43,44)45/h5-7,11-12,14-17,23-24H,4,8-10,13,18-22H2,1-3H3,(H4-,38,39,40,41,42,43,44,45,46,47,48,49,50,51)/p+1. The van der Waals surface area contributed by atoms with E-state index in [0.29, 0.717) is 40.5 Å². The van der Waals surface area contributed by atoms with E-state index in [1.165, 1.54) is 30.3 Å². The van der Waals surface area contributed by atoms with Gasteiger partial charge in [-0.15, -0.1) is 0 Å². The van der Waals surface area contributed by atoms with Crippen LogP contribution in [0.4, 0.5) is 11.4 Å². The van der Waals surface area contributed by atoms with Crippen molar-refractivity contribution in [2.45, 2.75) is 79.9 Å². The first-order chi connectivity index (χ1) is 25.3. The Morgan fingerprint density at radius 3 is 1.87 bits per heavy atom. The number of carboxylic acid groups (broad SMARTS) is 1. The zero-order valence-electron chi connectivity index (χ0n) is 30.4. The number of hydrogen-bond acceptors (Lipinski definition) is 10. The highest BCUT2D eigenvalue weighted by Gasteiger charge is 2.48. The lowest BCUT2D eigenvalue weighted by atomic mass is 9.76. The number of fused-ring (bicyclic) bond motifs is 2. The second kappa shape index (κ2) is 16.4. The smallest absolute Gasteiger partial charge is 0.303 e. The topological polar surface area (TPSA) is 261 Å². The molecule has 2 aliphatic rings. The van der Waals surface area contributed by atoms with Gasteiger partial charge in [0.25, 0.3) is 40.5 Å². The van der Waals surface area contributed by atoms with Crippen molar-refractivity contribution in [2.75, 3.05) is 29.5 Å². The molecule has 2 atom stereocenters. The monoisotopic (exact) mass is 845 g/mol. The van der Waals surface area contributed by atoms with Gasteiger partial charge in [0.2, 0.25) is 5.69 Å². The van der Waals surface area contributed by atoms with E-state index >= 15 is 0 Å². The summed E-state index contributed by atoms with van der Waals surface area (Å²) < 4.78 is 135. The molecule has 4 rings (SSSR count). The number of nitrogens with zero attached hydrogens (tertiary/aromatic N) is 2. The van der Waals surface area contributed by atoms with Gasteiger partial charge in [0.1, 0.15) is 6.54 Å². The van der Waals surface area contributed by atoms with E-state index in [4.69, 9.17) is 0 Å². The summed E-state index contributed by atoms with van der Waals surface area (Å²) in [5, 5.41) is 9.36. The molecule has 2 aromatic carbocycles. The molecule has 0 amide bonds. The number of benzene rings is 2. The van der Waals surface area contributed by atoms with Crippen LogP contribution in [0.25, 0.3) is 0 Å². The van der Waals surface area contributed by atoms with Gasteiger partial charge in [-0.25, -0.2) is 0 Å². The molecule has 0 bridgehead atoms. The molecule has 302 valence electrons. The van der Waals surface area contributed by atoms with Gasteiger partial charge in [-0.1, -0.05) is 18.2 Å². The lowest BCUT2D eigenvalue weighted by Gasteiger charge is -2.30. The fourth-order valence-electron chi connectivity index (χ4n) is 7.46. The van der Waals surface area contributed by atoms with Crippen molar-refractivity contribution in [3.63, 3.8) is 0 Å². The Balaban J connectivity index is 1.80. The summed E-state index contributed by atoms with van der Waals surface area (Å²) in [6.07, 6.45) is 8.88. The molecule has 0 radical (unpaired) electrons. The van der Waals surface area contributed by atoms with Crippen LogP contribution >= 0.6 is 0 Å². The van der Waals surface area contributed by atoms with Crippen LogP contribution < -0.4 is 4.90 Å². The van der Waals surface area contributed by atoms with Gasteiger partial charge in [0.15, 0.2) is 5.71 Å². The van der Waals surface area contributed by atoms with Gasteiger partial charge in [0, 0.05) is 47.5 Å². The Labute approximate surface area is 321 Å². The van der Waals surface area contributed by atoms with Crippen LogP contribution in [0.3, 0.4) is 0 Å². The van der Waals surface area contributed by atoms with Crippen LogP contribution in [-0.2, 0) is 56.1 Å². The first-order valence-corrected chi connectivity index (χ1v) is 23.3. The fraction of sp³-hybridized carbons (Fsp3) is 0.429. The van der Waals surface area contributed by atoms with Gasteiger partial charge in [0.05, 0.1) is 26.7 Å². The van der Waals surface area contributed by atoms with Crippen LogP contribution in [0.15, 0.2) is 82.3 Å². The van der Waals surface area contributed by atoms with Gasteiger partial charge in [-0.2, -0.15) is 38.2 Å². The van der Waals surface area contributed by atoms with Crippen LogP contribution in [0.5, 0.6) is 0 Å². The number of rotatable bonds is 18. The van der Waals surface area contributed by atoms with Crippen molar-refractivity contribution in [3.8, 4) is 0 Å². The average molecular weight is 846 g/mol. The van der Waals surface area contributed by atoms with Gasteiger partial charge in [-0.05, 0) is 94.8 Å². The fourth-order valence-corrected chi connectivity index (χ4v) is 9.47. The number of anilines is 1. The Morgan fingerprint density at radius 2 is 1.31 bits per heavy atom. The molecule has 2 unspecified atom stereocenters. The Morgan fingerprint density at radius 1 is 0.745 bits per heavy atom. The molecule has 0 aromatic heterocycles. The van der Waals surface area contributed by atoms with E-state index in [9.17, 15) is 61.8 Å². The van der Waals surface area contributed by atoms with E-state index in [1.807, 2.05) is 11.5 Å². The van der Waals surface area contributed by atoms with Crippen molar-refractivity contribution in [2.24, 2.45) is 0 Å². The highest BCUT2D eigenvalue weighted by molar-refractivity contribution is 7.86. The molecule has 2 aromatic rings. The third-order valence-corrected chi connectivity index (χ3v) is 13.3. The third-order valence-electron chi connectivity index (χ3n) is 9.99. The average Bonchev–Trinajstić information content (AvgIpc) is 3.42.